The molecule has 0 saturated carbocycles. The number of rotatable bonds is 3. The lowest BCUT2D eigenvalue weighted by atomic mass is 10.2. The Labute approximate surface area is 166 Å². The molecular formula is C19H21ClN6O2. The number of nitrogens with zero attached hydrogens (tertiary/aromatic N) is 6. The second-order valence-electron chi connectivity index (χ2n) is 7.30. The lowest BCUT2D eigenvalue weighted by Gasteiger charge is -2.27. The number of halogens is 1. The lowest BCUT2D eigenvalue weighted by Crippen LogP contribution is -2.40. The Kier molecular flexibility index (Phi) is 4.38. The largest absolute Gasteiger partial charge is 0.332 e. The van der Waals surface area contributed by atoms with E-state index in [0.717, 1.165) is 11.3 Å². The van der Waals surface area contributed by atoms with Crippen molar-refractivity contribution in [2.75, 3.05) is 5.01 Å². The van der Waals surface area contributed by atoms with Crippen LogP contribution in [0.25, 0.3) is 11.2 Å². The molecule has 0 amide bonds. The third-order valence-electron chi connectivity index (χ3n) is 4.83. The topological polar surface area (TPSA) is 77.4 Å². The van der Waals surface area contributed by atoms with Crippen LogP contribution in [0, 0.1) is 0 Å². The van der Waals surface area contributed by atoms with Crippen molar-refractivity contribution < 1.29 is 0 Å². The number of aromatic nitrogens is 4. The molecule has 28 heavy (non-hydrogen) atoms. The molecule has 146 valence electrons. The molecule has 2 aromatic heterocycles. The molecule has 0 fully saturated rings. The SMILES string of the molecule is CC1=NN(C(C)C)c2nc3c(c(=O)n(Cc4ccc(Cl)cc4)c(=O)n3C)n2C1. The number of aryl methyl sites for hydroxylation is 1. The molecule has 0 saturated heterocycles. The number of fused-ring (bicyclic) bond motifs is 3. The van der Waals surface area contributed by atoms with Crippen LogP contribution in [0.1, 0.15) is 26.3 Å². The first-order valence-corrected chi connectivity index (χ1v) is 9.43. The van der Waals surface area contributed by atoms with Crippen LogP contribution >= 0.6 is 11.6 Å². The summed E-state index contributed by atoms with van der Waals surface area (Å²) in [7, 11) is 1.63. The van der Waals surface area contributed by atoms with Crippen LogP contribution < -0.4 is 16.3 Å². The van der Waals surface area contributed by atoms with Crippen LogP contribution in [-0.2, 0) is 20.1 Å². The van der Waals surface area contributed by atoms with Crippen LogP contribution in [0.3, 0.4) is 0 Å². The Morgan fingerprint density at radius 3 is 2.50 bits per heavy atom. The molecule has 1 aliphatic heterocycles. The van der Waals surface area contributed by atoms with E-state index in [1.54, 1.807) is 24.2 Å². The first kappa shape index (κ1) is 18.5. The molecule has 3 heterocycles. The van der Waals surface area contributed by atoms with Crippen LogP contribution in [-0.4, -0.2) is 30.4 Å². The molecule has 0 bridgehead atoms. The third kappa shape index (κ3) is 2.84. The highest BCUT2D eigenvalue weighted by Crippen LogP contribution is 2.25. The van der Waals surface area contributed by atoms with Crippen molar-refractivity contribution in [3.05, 3.63) is 55.7 Å². The maximum atomic E-state index is 13.3. The predicted molar refractivity (Wildman–Crippen MR) is 111 cm³/mol. The summed E-state index contributed by atoms with van der Waals surface area (Å²) in [6.45, 7) is 6.55. The lowest BCUT2D eigenvalue weighted by molar-refractivity contribution is 0.640. The highest BCUT2D eigenvalue weighted by Gasteiger charge is 2.27. The fraction of sp³-hybridized carbons (Fsp3) is 0.368. The maximum absolute atomic E-state index is 13.3. The summed E-state index contributed by atoms with van der Waals surface area (Å²) >= 11 is 5.94. The van der Waals surface area contributed by atoms with Gasteiger partial charge >= 0.3 is 5.69 Å². The summed E-state index contributed by atoms with van der Waals surface area (Å²) in [5.41, 5.74) is 1.71. The van der Waals surface area contributed by atoms with Crippen molar-refractivity contribution in [2.45, 2.75) is 39.9 Å². The number of hydrogen-bond acceptors (Lipinski definition) is 5. The van der Waals surface area contributed by atoms with E-state index >= 15 is 0 Å². The maximum Gasteiger partial charge on any atom is 0.332 e. The van der Waals surface area contributed by atoms with E-state index < -0.39 is 5.69 Å². The summed E-state index contributed by atoms with van der Waals surface area (Å²) < 4.78 is 4.50. The molecule has 0 aliphatic carbocycles. The molecule has 0 spiro atoms. The zero-order chi connectivity index (χ0) is 20.2. The number of imidazole rings is 1. The van der Waals surface area contributed by atoms with Gasteiger partial charge in [0.25, 0.3) is 5.56 Å². The zero-order valence-corrected chi connectivity index (χ0v) is 16.9. The van der Waals surface area contributed by atoms with E-state index in [2.05, 4.69) is 10.1 Å². The second-order valence-corrected chi connectivity index (χ2v) is 7.74. The minimum atomic E-state index is -0.406. The number of hydrazone groups is 1. The first-order chi connectivity index (χ1) is 13.3. The average molecular weight is 401 g/mol. The van der Waals surface area contributed by atoms with E-state index in [1.165, 1.54) is 9.13 Å². The molecule has 0 N–H and O–H groups in total. The number of benzene rings is 1. The van der Waals surface area contributed by atoms with Gasteiger partial charge in [0.05, 0.1) is 24.8 Å². The van der Waals surface area contributed by atoms with Gasteiger partial charge in [-0.3, -0.25) is 18.5 Å². The molecule has 0 atom stereocenters. The Morgan fingerprint density at radius 1 is 1.18 bits per heavy atom. The van der Waals surface area contributed by atoms with Crippen molar-refractivity contribution in [3.8, 4) is 0 Å². The van der Waals surface area contributed by atoms with Crippen LogP contribution in [0.5, 0.6) is 0 Å². The molecule has 8 nitrogen and oxygen atoms in total. The summed E-state index contributed by atoms with van der Waals surface area (Å²) in [5, 5.41) is 6.94. The Hall–Kier alpha value is -2.87. The Bertz CT molecular complexity index is 1220. The number of anilines is 1. The summed E-state index contributed by atoms with van der Waals surface area (Å²) in [6, 6.07) is 7.17. The zero-order valence-electron chi connectivity index (χ0n) is 16.2. The van der Waals surface area contributed by atoms with Crippen molar-refractivity contribution >= 4 is 34.4 Å². The van der Waals surface area contributed by atoms with E-state index in [1.807, 2.05) is 37.5 Å². The van der Waals surface area contributed by atoms with Crippen LogP contribution in [0.2, 0.25) is 5.02 Å². The summed E-state index contributed by atoms with van der Waals surface area (Å²) in [5.74, 6) is 0.576. The van der Waals surface area contributed by atoms with E-state index in [9.17, 15) is 9.59 Å². The van der Waals surface area contributed by atoms with Crippen molar-refractivity contribution in [2.24, 2.45) is 12.1 Å². The van der Waals surface area contributed by atoms with Gasteiger partial charge in [0.1, 0.15) is 0 Å². The van der Waals surface area contributed by atoms with Gasteiger partial charge in [0, 0.05) is 12.1 Å². The van der Waals surface area contributed by atoms with Crippen molar-refractivity contribution in [1.82, 2.24) is 18.7 Å². The van der Waals surface area contributed by atoms with Gasteiger partial charge < -0.3 is 0 Å². The molecule has 1 aromatic carbocycles. The second kappa shape index (κ2) is 6.63. The van der Waals surface area contributed by atoms with Crippen LogP contribution in [0.15, 0.2) is 39.0 Å². The van der Waals surface area contributed by atoms with Gasteiger partial charge in [-0.15, -0.1) is 0 Å². The highest BCUT2D eigenvalue weighted by molar-refractivity contribution is 6.30. The van der Waals surface area contributed by atoms with Gasteiger partial charge in [-0.25, -0.2) is 9.80 Å². The Morgan fingerprint density at radius 2 is 1.86 bits per heavy atom. The molecule has 3 aromatic rings. The van der Waals surface area contributed by atoms with E-state index in [0.29, 0.717) is 28.7 Å². The predicted octanol–water partition coefficient (Wildman–Crippen LogP) is 2.20. The standard InChI is InChI=1S/C19H21ClN6O2/c1-11(2)26-18-21-16-15(24(18)9-12(3)22-26)17(27)25(19(28)23(16)4)10-13-5-7-14(20)8-6-13/h5-8,11H,9-10H2,1-4H3. The molecule has 0 radical (unpaired) electrons. The van der Waals surface area contributed by atoms with Crippen molar-refractivity contribution in [1.29, 1.82) is 0 Å². The first-order valence-electron chi connectivity index (χ1n) is 9.05. The number of hydrogen-bond donors (Lipinski definition) is 0. The fourth-order valence-corrected chi connectivity index (χ4v) is 3.56. The molecule has 4 rings (SSSR count). The fourth-order valence-electron chi connectivity index (χ4n) is 3.43. The van der Waals surface area contributed by atoms with E-state index in [-0.39, 0.29) is 18.1 Å². The van der Waals surface area contributed by atoms with Gasteiger partial charge in [0.2, 0.25) is 5.95 Å². The van der Waals surface area contributed by atoms with Gasteiger partial charge in [-0.1, -0.05) is 23.7 Å². The smallest absolute Gasteiger partial charge is 0.297 e. The van der Waals surface area contributed by atoms with Crippen molar-refractivity contribution in [3.63, 3.8) is 0 Å². The summed E-state index contributed by atoms with van der Waals surface area (Å²) in [4.78, 5) is 30.8. The Balaban J connectivity index is 1.95. The average Bonchev–Trinajstić information content (AvgIpc) is 3.03. The minimum Gasteiger partial charge on any atom is -0.297 e. The third-order valence-corrected chi connectivity index (χ3v) is 5.08. The normalized spacial score (nSPS) is 13.9. The minimum absolute atomic E-state index is 0.0686. The van der Waals surface area contributed by atoms with Crippen LogP contribution in [0.4, 0.5) is 5.95 Å². The summed E-state index contributed by atoms with van der Waals surface area (Å²) in [6.07, 6.45) is 0. The molecular weight excluding hydrogens is 380 g/mol. The van der Waals surface area contributed by atoms with Gasteiger partial charge in [0.15, 0.2) is 11.2 Å². The van der Waals surface area contributed by atoms with E-state index in [4.69, 9.17) is 11.6 Å². The van der Waals surface area contributed by atoms with Gasteiger partial charge in [-0.2, -0.15) is 10.1 Å². The van der Waals surface area contributed by atoms with Gasteiger partial charge in [-0.05, 0) is 38.5 Å². The highest BCUT2D eigenvalue weighted by atomic mass is 35.5. The molecule has 9 heteroatoms. The monoisotopic (exact) mass is 400 g/mol. The molecule has 0 unspecified atom stereocenters. The molecule has 1 aliphatic rings. The quantitative estimate of drug-likeness (QED) is 0.675.